The van der Waals surface area contributed by atoms with Gasteiger partial charge in [0.15, 0.2) is 11.5 Å². The zero-order valence-corrected chi connectivity index (χ0v) is 14.5. The van der Waals surface area contributed by atoms with Crippen LogP contribution in [0.4, 0.5) is 0 Å². The predicted molar refractivity (Wildman–Crippen MR) is 91.2 cm³/mol. The normalized spacial score (nSPS) is 16.0. The number of likely N-dealkylation sites (tertiary alicyclic amines) is 1. The van der Waals surface area contributed by atoms with Gasteiger partial charge in [-0.25, -0.2) is 9.97 Å². The zero-order valence-electron chi connectivity index (χ0n) is 14.5. The summed E-state index contributed by atoms with van der Waals surface area (Å²) >= 11 is 0. The lowest BCUT2D eigenvalue weighted by atomic mass is 10.1. The van der Waals surface area contributed by atoms with Crippen molar-refractivity contribution in [1.29, 1.82) is 5.26 Å². The molecular formula is C18H18N4O4. The average molecular weight is 354 g/mol. The number of para-hydroxylation sites is 1. The Bertz CT molecular complexity index is 849. The molecule has 26 heavy (non-hydrogen) atoms. The van der Waals surface area contributed by atoms with Crippen molar-refractivity contribution in [2.24, 2.45) is 0 Å². The summed E-state index contributed by atoms with van der Waals surface area (Å²) in [5, 5.41) is 9.07. The number of hydrogen-bond acceptors (Lipinski definition) is 7. The summed E-state index contributed by atoms with van der Waals surface area (Å²) in [5.74, 6) is 0.938. The van der Waals surface area contributed by atoms with Crippen molar-refractivity contribution in [3.8, 4) is 23.4 Å². The number of hydrogen-bond donors (Lipinski definition) is 0. The summed E-state index contributed by atoms with van der Waals surface area (Å²) in [5.41, 5.74) is 0.566. The quantitative estimate of drug-likeness (QED) is 0.805. The lowest BCUT2D eigenvalue weighted by Gasteiger charge is -2.19. The number of methoxy groups -OCH3 is 2. The largest absolute Gasteiger partial charge is 0.493 e. The fourth-order valence-electron chi connectivity index (χ4n) is 2.88. The Labute approximate surface area is 150 Å². The van der Waals surface area contributed by atoms with E-state index in [0.29, 0.717) is 36.6 Å². The van der Waals surface area contributed by atoms with Crippen molar-refractivity contribution in [3.05, 3.63) is 41.9 Å². The standard InChI is InChI=1S/C18H18N4O4/c1-24-15-5-3-4-13(16(15)25-2)18(23)22-9-6-12(11-22)26-17-14(10-19)20-7-8-21-17/h3-5,7-8,12H,6,9,11H2,1-2H3. The lowest BCUT2D eigenvalue weighted by Crippen LogP contribution is -2.31. The highest BCUT2D eigenvalue weighted by Gasteiger charge is 2.31. The maximum absolute atomic E-state index is 12.9. The molecule has 134 valence electrons. The van der Waals surface area contributed by atoms with E-state index in [1.54, 1.807) is 23.1 Å². The number of carbonyl (C=O) groups excluding carboxylic acids is 1. The van der Waals surface area contributed by atoms with Crippen LogP contribution in [0.25, 0.3) is 0 Å². The Kier molecular flexibility index (Phi) is 5.17. The molecule has 1 fully saturated rings. The third-order valence-corrected chi connectivity index (χ3v) is 4.11. The molecule has 0 spiro atoms. The molecule has 3 rings (SSSR count). The van der Waals surface area contributed by atoms with Gasteiger partial charge in [-0.15, -0.1) is 0 Å². The SMILES string of the molecule is COc1cccc(C(=O)N2CCC(Oc3nccnc3C#N)C2)c1OC. The molecule has 0 N–H and O–H groups in total. The van der Waals surface area contributed by atoms with E-state index in [4.69, 9.17) is 19.5 Å². The average Bonchev–Trinajstić information content (AvgIpc) is 3.15. The summed E-state index contributed by atoms with van der Waals surface area (Å²) < 4.78 is 16.4. The number of aromatic nitrogens is 2. The van der Waals surface area contributed by atoms with Crippen molar-refractivity contribution < 1.29 is 19.0 Å². The fourth-order valence-corrected chi connectivity index (χ4v) is 2.88. The molecule has 8 nitrogen and oxygen atoms in total. The van der Waals surface area contributed by atoms with E-state index < -0.39 is 0 Å². The third-order valence-electron chi connectivity index (χ3n) is 4.11. The molecule has 0 bridgehead atoms. The Morgan fingerprint density at radius 1 is 1.27 bits per heavy atom. The molecule has 1 atom stereocenters. The highest BCUT2D eigenvalue weighted by molar-refractivity contribution is 5.98. The van der Waals surface area contributed by atoms with Crippen LogP contribution in [0, 0.1) is 11.3 Å². The van der Waals surface area contributed by atoms with Crippen molar-refractivity contribution >= 4 is 5.91 Å². The smallest absolute Gasteiger partial charge is 0.257 e. The topological polar surface area (TPSA) is 97.6 Å². The van der Waals surface area contributed by atoms with Gasteiger partial charge in [-0.3, -0.25) is 4.79 Å². The van der Waals surface area contributed by atoms with Crippen LogP contribution in [0.3, 0.4) is 0 Å². The van der Waals surface area contributed by atoms with Gasteiger partial charge in [0.25, 0.3) is 11.8 Å². The number of nitriles is 1. The van der Waals surface area contributed by atoms with E-state index >= 15 is 0 Å². The van der Waals surface area contributed by atoms with Gasteiger partial charge < -0.3 is 19.1 Å². The molecule has 0 saturated carbocycles. The van der Waals surface area contributed by atoms with E-state index in [-0.39, 0.29) is 23.6 Å². The van der Waals surface area contributed by atoms with Crippen LogP contribution in [0.15, 0.2) is 30.6 Å². The van der Waals surface area contributed by atoms with Crippen LogP contribution in [0.1, 0.15) is 22.5 Å². The van der Waals surface area contributed by atoms with Crippen LogP contribution in [-0.4, -0.2) is 54.2 Å². The van der Waals surface area contributed by atoms with Crippen LogP contribution in [0.5, 0.6) is 17.4 Å². The van der Waals surface area contributed by atoms with Gasteiger partial charge in [-0.1, -0.05) is 6.07 Å². The summed E-state index contributed by atoms with van der Waals surface area (Å²) in [4.78, 5) is 22.5. The minimum Gasteiger partial charge on any atom is -0.493 e. The van der Waals surface area contributed by atoms with Crippen LogP contribution in [0.2, 0.25) is 0 Å². The second kappa shape index (κ2) is 7.70. The first-order valence-electron chi connectivity index (χ1n) is 8.06. The minimum absolute atomic E-state index is 0.131. The minimum atomic E-state index is -0.251. The van der Waals surface area contributed by atoms with Crippen LogP contribution < -0.4 is 14.2 Å². The summed E-state index contributed by atoms with van der Waals surface area (Å²) in [6.07, 6.45) is 3.29. The van der Waals surface area contributed by atoms with Gasteiger partial charge in [0, 0.05) is 25.4 Å². The van der Waals surface area contributed by atoms with Crippen LogP contribution in [-0.2, 0) is 0 Å². The maximum atomic E-state index is 12.9. The molecule has 2 heterocycles. The lowest BCUT2D eigenvalue weighted by molar-refractivity contribution is 0.0767. The highest BCUT2D eigenvalue weighted by atomic mass is 16.5. The first-order chi connectivity index (χ1) is 12.7. The van der Waals surface area contributed by atoms with E-state index in [9.17, 15) is 4.79 Å². The molecule has 0 aliphatic carbocycles. The number of amides is 1. The Hall–Kier alpha value is -3.34. The second-order valence-corrected chi connectivity index (χ2v) is 5.64. The van der Waals surface area contributed by atoms with Gasteiger partial charge in [0.05, 0.1) is 26.3 Å². The summed E-state index contributed by atoms with van der Waals surface area (Å²) in [7, 11) is 3.03. The monoisotopic (exact) mass is 354 g/mol. The first kappa shape index (κ1) is 17.5. The van der Waals surface area contributed by atoms with Crippen molar-refractivity contribution in [2.75, 3.05) is 27.3 Å². The van der Waals surface area contributed by atoms with Crippen molar-refractivity contribution in [3.63, 3.8) is 0 Å². The van der Waals surface area contributed by atoms with E-state index in [1.165, 1.54) is 26.6 Å². The number of carbonyl (C=O) groups is 1. The highest BCUT2D eigenvalue weighted by Crippen LogP contribution is 2.32. The molecule has 1 aliphatic rings. The first-order valence-corrected chi connectivity index (χ1v) is 8.06. The Balaban J connectivity index is 1.73. The molecule has 0 radical (unpaired) electrons. The van der Waals surface area contributed by atoms with Gasteiger partial charge in [-0.2, -0.15) is 5.26 Å². The molecule has 2 aromatic rings. The third kappa shape index (κ3) is 3.37. The predicted octanol–water partition coefficient (Wildman–Crippen LogP) is 1.66. The fraction of sp³-hybridized carbons (Fsp3) is 0.333. The summed E-state index contributed by atoms with van der Waals surface area (Å²) in [6.45, 7) is 0.923. The summed E-state index contributed by atoms with van der Waals surface area (Å²) in [6, 6.07) is 7.14. The van der Waals surface area contributed by atoms with E-state index in [2.05, 4.69) is 9.97 Å². The molecule has 1 unspecified atom stereocenters. The second-order valence-electron chi connectivity index (χ2n) is 5.64. The molecule has 1 aromatic carbocycles. The Morgan fingerprint density at radius 3 is 2.81 bits per heavy atom. The molecule has 1 amide bonds. The van der Waals surface area contributed by atoms with Crippen molar-refractivity contribution in [2.45, 2.75) is 12.5 Å². The Morgan fingerprint density at radius 2 is 2.08 bits per heavy atom. The zero-order chi connectivity index (χ0) is 18.5. The number of rotatable bonds is 5. The number of nitrogens with zero attached hydrogens (tertiary/aromatic N) is 4. The number of ether oxygens (including phenoxy) is 3. The maximum Gasteiger partial charge on any atom is 0.257 e. The van der Waals surface area contributed by atoms with Gasteiger partial charge in [0.1, 0.15) is 12.2 Å². The molecular weight excluding hydrogens is 336 g/mol. The van der Waals surface area contributed by atoms with Gasteiger partial charge >= 0.3 is 0 Å². The molecule has 1 saturated heterocycles. The van der Waals surface area contributed by atoms with Gasteiger partial charge in [-0.05, 0) is 12.1 Å². The van der Waals surface area contributed by atoms with E-state index in [0.717, 1.165) is 0 Å². The van der Waals surface area contributed by atoms with Gasteiger partial charge in [0.2, 0.25) is 5.69 Å². The molecule has 1 aromatic heterocycles. The molecule has 1 aliphatic heterocycles. The van der Waals surface area contributed by atoms with Crippen molar-refractivity contribution in [1.82, 2.24) is 14.9 Å². The molecule has 8 heteroatoms. The van der Waals surface area contributed by atoms with Crippen LogP contribution >= 0.6 is 0 Å². The number of benzene rings is 1. The van der Waals surface area contributed by atoms with E-state index in [1.807, 2.05) is 6.07 Å².